The number of aryl methyl sites for hydroxylation is 1. The number of benzene rings is 1. The number of hydrogen-bond donors (Lipinski definition) is 1. The number of nitrogens with zero attached hydrogens (tertiary/aromatic N) is 3. The van der Waals surface area contributed by atoms with Crippen molar-refractivity contribution < 1.29 is 9.34 Å². The van der Waals surface area contributed by atoms with E-state index in [4.69, 9.17) is 4.42 Å². The Bertz CT molecular complexity index is 837. The fourth-order valence-corrected chi connectivity index (χ4v) is 2.65. The predicted octanol–water partition coefficient (Wildman–Crippen LogP) is 3.55. The molecule has 8 heteroatoms. The summed E-state index contributed by atoms with van der Waals surface area (Å²) in [5.74, 6) is -0.0157. The molecule has 0 saturated carbocycles. The minimum Gasteiger partial charge on any atom is -0.400 e. The second-order valence-electron chi connectivity index (χ2n) is 4.29. The van der Waals surface area contributed by atoms with Crippen LogP contribution >= 0.6 is 11.3 Å². The van der Waals surface area contributed by atoms with Crippen LogP contribution in [0, 0.1) is 17.0 Å². The first kappa shape index (κ1) is 13.3. The van der Waals surface area contributed by atoms with Crippen molar-refractivity contribution in [1.29, 1.82) is 0 Å². The fourth-order valence-electron chi connectivity index (χ4n) is 1.74. The molecule has 0 unspecified atom stereocenters. The lowest BCUT2D eigenvalue weighted by atomic mass is 10.2. The summed E-state index contributed by atoms with van der Waals surface area (Å²) in [7, 11) is 0. The van der Waals surface area contributed by atoms with Crippen molar-refractivity contribution in [2.75, 3.05) is 5.43 Å². The van der Waals surface area contributed by atoms with Crippen LogP contribution in [0.15, 0.2) is 39.9 Å². The van der Waals surface area contributed by atoms with Crippen LogP contribution in [-0.2, 0) is 0 Å². The normalized spacial score (nSPS) is 11.3. The van der Waals surface area contributed by atoms with Crippen LogP contribution in [0.4, 0.5) is 11.0 Å². The van der Waals surface area contributed by atoms with Gasteiger partial charge in [0.05, 0.1) is 22.5 Å². The Hall–Kier alpha value is -2.74. The van der Waals surface area contributed by atoms with E-state index < -0.39 is 4.92 Å². The molecule has 0 aliphatic carbocycles. The number of fused-ring (bicyclic) bond motifs is 1. The summed E-state index contributed by atoms with van der Waals surface area (Å²) in [5, 5.41) is 15.1. The van der Waals surface area contributed by atoms with Gasteiger partial charge in [0.15, 0.2) is 5.76 Å². The highest BCUT2D eigenvalue weighted by molar-refractivity contribution is 7.22. The Kier molecular flexibility index (Phi) is 3.36. The van der Waals surface area contributed by atoms with Crippen LogP contribution < -0.4 is 5.43 Å². The largest absolute Gasteiger partial charge is 0.433 e. The van der Waals surface area contributed by atoms with Gasteiger partial charge in [-0.1, -0.05) is 17.4 Å². The van der Waals surface area contributed by atoms with Crippen molar-refractivity contribution in [1.82, 2.24) is 4.98 Å². The summed E-state index contributed by atoms with van der Waals surface area (Å²) in [6.45, 7) is 2.02. The molecule has 2 aromatic heterocycles. The van der Waals surface area contributed by atoms with E-state index in [0.717, 1.165) is 10.2 Å². The Balaban J connectivity index is 1.73. The monoisotopic (exact) mass is 302 g/mol. The average Bonchev–Trinajstić information content (AvgIpc) is 3.04. The number of thiazole rings is 1. The van der Waals surface area contributed by atoms with E-state index in [0.29, 0.717) is 10.9 Å². The number of aromatic nitrogens is 1. The highest BCUT2D eigenvalue weighted by Crippen LogP contribution is 2.26. The third-order valence-electron chi connectivity index (χ3n) is 2.69. The molecule has 1 N–H and O–H groups in total. The van der Waals surface area contributed by atoms with Gasteiger partial charge in [-0.3, -0.25) is 15.5 Å². The van der Waals surface area contributed by atoms with Crippen molar-refractivity contribution in [3.05, 3.63) is 51.8 Å². The number of nitrogens with one attached hydrogen (secondary N) is 1. The molecule has 106 valence electrons. The first-order chi connectivity index (χ1) is 10.1. The zero-order valence-electron chi connectivity index (χ0n) is 10.9. The maximum atomic E-state index is 10.5. The van der Waals surface area contributed by atoms with Crippen molar-refractivity contribution in [3.63, 3.8) is 0 Å². The summed E-state index contributed by atoms with van der Waals surface area (Å²) in [4.78, 5) is 14.3. The standard InChI is InChI=1S/C13H10N4O3S/c1-8-2-4-10-11(6-8)21-13(15-10)16-14-7-9-3-5-12(20-9)17(18)19/h2-7H,1H3,(H,15,16). The second-order valence-corrected chi connectivity index (χ2v) is 5.32. The molecule has 1 aromatic carbocycles. The van der Waals surface area contributed by atoms with Gasteiger partial charge < -0.3 is 4.42 Å². The van der Waals surface area contributed by atoms with Gasteiger partial charge in [-0.2, -0.15) is 5.10 Å². The molecule has 0 saturated heterocycles. The number of rotatable bonds is 4. The number of anilines is 1. The lowest BCUT2D eigenvalue weighted by Gasteiger charge is -1.90. The fraction of sp³-hybridized carbons (Fsp3) is 0.0769. The van der Waals surface area contributed by atoms with Gasteiger partial charge >= 0.3 is 5.88 Å². The van der Waals surface area contributed by atoms with Gasteiger partial charge in [0, 0.05) is 0 Å². The molecule has 0 atom stereocenters. The molecule has 0 aliphatic heterocycles. The van der Waals surface area contributed by atoms with Crippen molar-refractivity contribution >= 4 is 38.8 Å². The van der Waals surface area contributed by atoms with E-state index in [2.05, 4.69) is 21.6 Å². The molecule has 0 amide bonds. The quantitative estimate of drug-likeness (QED) is 0.452. The van der Waals surface area contributed by atoms with Crippen molar-refractivity contribution in [3.8, 4) is 0 Å². The molecular weight excluding hydrogens is 292 g/mol. The summed E-state index contributed by atoms with van der Waals surface area (Å²) in [5.41, 5.74) is 4.86. The van der Waals surface area contributed by atoms with Crippen LogP contribution in [0.2, 0.25) is 0 Å². The lowest BCUT2D eigenvalue weighted by molar-refractivity contribution is -0.402. The first-order valence-corrected chi connectivity index (χ1v) is 6.84. The second kappa shape index (κ2) is 5.33. The van der Waals surface area contributed by atoms with Crippen LogP contribution in [0.25, 0.3) is 10.2 Å². The minimum absolute atomic E-state index is 0.297. The van der Waals surface area contributed by atoms with E-state index >= 15 is 0 Å². The molecule has 7 nitrogen and oxygen atoms in total. The van der Waals surface area contributed by atoms with Gasteiger partial charge in [-0.05, 0) is 30.7 Å². The number of hydrazone groups is 1. The van der Waals surface area contributed by atoms with E-state index in [1.165, 1.54) is 35.2 Å². The molecule has 0 aliphatic rings. The first-order valence-electron chi connectivity index (χ1n) is 6.02. The SMILES string of the molecule is Cc1ccc2nc(NN=Cc3ccc([N+](=O)[O-])o3)sc2c1. The molecule has 0 spiro atoms. The summed E-state index contributed by atoms with van der Waals surface area (Å²) < 4.78 is 6.02. The van der Waals surface area contributed by atoms with Crippen LogP contribution in [-0.4, -0.2) is 16.1 Å². The highest BCUT2D eigenvalue weighted by atomic mass is 32.1. The van der Waals surface area contributed by atoms with E-state index in [1.807, 2.05) is 19.1 Å². The maximum absolute atomic E-state index is 10.5. The summed E-state index contributed by atoms with van der Waals surface area (Å²) in [6.07, 6.45) is 1.37. The Morgan fingerprint density at radius 1 is 1.43 bits per heavy atom. The Labute approximate surface area is 123 Å². The average molecular weight is 302 g/mol. The molecule has 3 rings (SSSR count). The maximum Gasteiger partial charge on any atom is 0.433 e. The summed E-state index contributed by atoms with van der Waals surface area (Å²) in [6, 6.07) is 8.76. The molecule has 0 bridgehead atoms. The number of furan rings is 1. The zero-order valence-corrected chi connectivity index (χ0v) is 11.8. The van der Waals surface area contributed by atoms with Gasteiger partial charge in [0.25, 0.3) is 0 Å². The molecule has 2 heterocycles. The lowest BCUT2D eigenvalue weighted by Crippen LogP contribution is -1.88. The van der Waals surface area contributed by atoms with Crippen LogP contribution in [0.5, 0.6) is 0 Å². The molecule has 21 heavy (non-hydrogen) atoms. The highest BCUT2D eigenvalue weighted by Gasteiger charge is 2.10. The molecule has 0 radical (unpaired) electrons. The van der Waals surface area contributed by atoms with E-state index in [9.17, 15) is 10.1 Å². The van der Waals surface area contributed by atoms with E-state index in [1.54, 1.807) is 0 Å². The van der Waals surface area contributed by atoms with Crippen molar-refractivity contribution in [2.45, 2.75) is 6.92 Å². The smallest absolute Gasteiger partial charge is 0.400 e. The van der Waals surface area contributed by atoms with Gasteiger partial charge in [-0.25, -0.2) is 4.98 Å². The number of nitro groups is 1. The zero-order chi connectivity index (χ0) is 14.8. The third-order valence-corrected chi connectivity index (χ3v) is 3.61. The molecular formula is C13H10N4O3S. The minimum atomic E-state index is -0.597. The number of hydrogen-bond acceptors (Lipinski definition) is 7. The Morgan fingerprint density at radius 2 is 2.29 bits per heavy atom. The van der Waals surface area contributed by atoms with Gasteiger partial charge in [-0.15, -0.1) is 0 Å². The van der Waals surface area contributed by atoms with Gasteiger partial charge in [0.1, 0.15) is 4.92 Å². The summed E-state index contributed by atoms with van der Waals surface area (Å²) >= 11 is 1.48. The van der Waals surface area contributed by atoms with Crippen LogP contribution in [0.1, 0.15) is 11.3 Å². The van der Waals surface area contributed by atoms with E-state index in [-0.39, 0.29) is 5.88 Å². The van der Waals surface area contributed by atoms with Gasteiger partial charge in [0.2, 0.25) is 5.13 Å². The van der Waals surface area contributed by atoms with Crippen molar-refractivity contribution in [2.24, 2.45) is 5.10 Å². The van der Waals surface area contributed by atoms with Crippen LogP contribution in [0.3, 0.4) is 0 Å². The third kappa shape index (κ3) is 2.90. The molecule has 0 fully saturated rings. The molecule has 3 aromatic rings. The Morgan fingerprint density at radius 3 is 3.05 bits per heavy atom. The predicted molar refractivity (Wildman–Crippen MR) is 80.9 cm³/mol. The topological polar surface area (TPSA) is 93.6 Å².